The topological polar surface area (TPSA) is 38.8 Å². The number of carbonyl (C=O) groups excluding carboxylic acids is 1. The zero-order valence-electron chi connectivity index (χ0n) is 11.2. The number of rotatable bonds is 5. The van der Waals surface area contributed by atoms with Crippen molar-refractivity contribution in [1.29, 1.82) is 0 Å². The molecule has 0 saturated carbocycles. The van der Waals surface area contributed by atoms with Crippen LogP contribution in [0.3, 0.4) is 0 Å². The monoisotopic (exact) mass is 425 g/mol. The fourth-order valence-corrected chi connectivity index (χ4v) is 4.43. The number of ether oxygens (including phenoxy) is 2. The van der Waals surface area contributed by atoms with Crippen LogP contribution in [0.1, 0.15) is 24.3 Å². The number of hydrogen-bond donors (Lipinski definition) is 0. The largest absolute Gasteiger partial charge is 0.466 e. The quantitative estimate of drug-likeness (QED) is 0.674. The number of morpholine rings is 1. The molecule has 1 unspecified atom stereocenters. The molecule has 1 aliphatic rings. The Hall–Kier alpha value is 0.0500. The predicted octanol–water partition coefficient (Wildman–Crippen LogP) is 3.60. The van der Waals surface area contributed by atoms with Crippen LogP contribution in [-0.4, -0.2) is 43.8 Å². The molecular weight excluding hydrogens is 410 g/mol. The zero-order valence-corrected chi connectivity index (χ0v) is 15.2. The van der Waals surface area contributed by atoms with Gasteiger partial charge in [-0.25, -0.2) is 0 Å². The van der Waals surface area contributed by atoms with Gasteiger partial charge >= 0.3 is 5.97 Å². The SMILES string of the molecule is CCOC(=O)CC(c1cc(Br)c(Br)s1)N1CCOCC1. The minimum absolute atomic E-state index is 0.0607. The van der Waals surface area contributed by atoms with Crippen molar-refractivity contribution < 1.29 is 14.3 Å². The molecule has 0 N–H and O–H groups in total. The molecule has 0 spiro atoms. The maximum absolute atomic E-state index is 11.9. The average molecular weight is 427 g/mol. The summed E-state index contributed by atoms with van der Waals surface area (Å²) in [7, 11) is 0. The molecule has 4 nitrogen and oxygen atoms in total. The Morgan fingerprint density at radius 1 is 1.50 bits per heavy atom. The molecule has 0 aromatic carbocycles. The van der Waals surface area contributed by atoms with Crippen molar-refractivity contribution in [2.24, 2.45) is 0 Å². The fourth-order valence-electron chi connectivity index (χ4n) is 2.20. The Labute approximate surface area is 139 Å². The lowest BCUT2D eigenvalue weighted by molar-refractivity contribution is -0.145. The summed E-state index contributed by atoms with van der Waals surface area (Å²) in [6.45, 7) is 5.38. The summed E-state index contributed by atoms with van der Waals surface area (Å²) in [5.41, 5.74) is 0. The predicted molar refractivity (Wildman–Crippen MR) is 86.1 cm³/mol. The van der Waals surface area contributed by atoms with Gasteiger partial charge in [0.25, 0.3) is 0 Å². The normalized spacial score (nSPS) is 17.9. The Morgan fingerprint density at radius 3 is 2.75 bits per heavy atom. The molecule has 1 fully saturated rings. The Bertz CT molecular complexity index is 441. The molecule has 7 heteroatoms. The van der Waals surface area contributed by atoms with E-state index in [1.165, 1.54) is 4.88 Å². The lowest BCUT2D eigenvalue weighted by Crippen LogP contribution is -2.39. The highest BCUT2D eigenvalue weighted by Crippen LogP contribution is 2.39. The lowest BCUT2D eigenvalue weighted by Gasteiger charge is -2.33. The van der Waals surface area contributed by atoms with Gasteiger partial charge in [-0.15, -0.1) is 11.3 Å². The molecule has 1 aromatic rings. The first kappa shape index (κ1) is 16.4. The Balaban J connectivity index is 2.16. The summed E-state index contributed by atoms with van der Waals surface area (Å²) in [6, 6.07) is 2.14. The Morgan fingerprint density at radius 2 is 2.20 bits per heavy atom. The molecule has 1 aliphatic heterocycles. The van der Waals surface area contributed by atoms with E-state index in [2.05, 4.69) is 42.8 Å². The maximum Gasteiger partial charge on any atom is 0.307 e. The van der Waals surface area contributed by atoms with Gasteiger partial charge in [0.1, 0.15) is 0 Å². The molecule has 20 heavy (non-hydrogen) atoms. The third-order valence-corrected chi connectivity index (χ3v) is 6.50. The van der Waals surface area contributed by atoms with Gasteiger partial charge in [-0.1, -0.05) is 0 Å². The third-order valence-electron chi connectivity index (χ3n) is 3.14. The maximum atomic E-state index is 11.9. The van der Waals surface area contributed by atoms with Crippen LogP contribution in [0.2, 0.25) is 0 Å². The number of halogens is 2. The third kappa shape index (κ3) is 4.27. The summed E-state index contributed by atoms with van der Waals surface area (Å²) in [5.74, 6) is -0.148. The zero-order chi connectivity index (χ0) is 14.5. The lowest BCUT2D eigenvalue weighted by atomic mass is 10.1. The summed E-state index contributed by atoms with van der Waals surface area (Å²) >= 11 is 8.68. The average Bonchev–Trinajstić information content (AvgIpc) is 2.77. The van der Waals surface area contributed by atoms with Crippen LogP contribution in [0, 0.1) is 0 Å². The molecule has 0 bridgehead atoms. The van der Waals surface area contributed by atoms with Crippen molar-refractivity contribution in [1.82, 2.24) is 4.90 Å². The second-order valence-corrected chi connectivity index (χ2v) is 7.70. The van der Waals surface area contributed by atoms with E-state index >= 15 is 0 Å². The van der Waals surface area contributed by atoms with E-state index in [4.69, 9.17) is 9.47 Å². The van der Waals surface area contributed by atoms with E-state index in [0.29, 0.717) is 26.2 Å². The molecule has 0 radical (unpaired) electrons. The summed E-state index contributed by atoms with van der Waals surface area (Å²) in [6.07, 6.45) is 0.382. The van der Waals surface area contributed by atoms with Crippen molar-refractivity contribution in [2.75, 3.05) is 32.9 Å². The van der Waals surface area contributed by atoms with Crippen LogP contribution in [-0.2, 0) is 14.3 Å². The van der Waals surface area contributed by atoms with Crippen LogP contribution >= 0.6 is 43.2 Å². The first-order valence-electron chi connectivity index (χ1n) is 6.54. The summed E-state index contributed by atoms with van der Waals surface area (Å²) < 4.78 is 12.6. The molecule has 1 aromatic heterocycles. The van der Waals surface area contributed by atoms with Crippen molar-refractivity contribution in [2.45, 2.75) is 19.4 Å². The highest BCUT2D eigenvalue weighted by atomic mass is 79.9. The van der Waals surface area contributed by atoms with E-state index in [-0.39, 0.29) is 12.0 Å². The van der Waals surface area contributed by atoms with Crippen LogP contribution in [0.4, 0.5) is 0 Å². The fraction of sp³-hybridized carbons (Fsp3) is 0.615. The van der Waals surface area contributed by atoms with Gasteiger partial charge in [0.2, 0.25) is 0 Å². The molecular formula is C13H17Br2NO3S. The molecule has 2 rings (SSSR count). The first-order valence-corrected chi connectivity index (χ1v) is 8.94. The van der Waals surface area contributed by atoms with E-state index in [9.17, 15) is 4.79 Å². The van der Waals surface area contributed by atoms with Gasteiger partial charge in [0.05, 0.1) is 36.1 Å². The van der Waals surface area contributed by atoms with Crippen LogP contribution < -0.4 is 0 Å². The van der Waals surface area contributed by atoms with Crippen molar-refractivity contribution >= 4 is 49.2 Å². The minimum atomic E-state index is -0.148. The number of thiophene rings is 1. The van der Waals surface area contributed by atoms with Gasteiger partial charge in [-0.05, 0) is 44.8 Å². The van der Waals surface area contributed by atoms with Crippen molar-refractivity contribution in [3.63, 3.8) is 0 Å². The second-order valence-electron chi connectivity index (χ2n) is 4.44. The van der Waals surface area contributed by atoms with Gasteiger partial charge in [0.15, 0.2) is 0 Å². The molecule has 112 valence electrons. The van der Waals surface area contributed by atoms with Crippen molar-refractivity contribution in [3.8, 4) is 0 Å². The summed E-state index contributed by atoms with van der Waals surface area (Å²) in [4.78, 5) is 15.3. The highest BCUT2D eigenvalue weighted by Gasteiger charge is 2.27. The van der Waals surface area contributed by atoms with Gasteiger partial charge in [0, 0.05) is 22.4 Å². The number of hydrogen-bond acceptors (Lipinski definition) is 5. The van der Waals surface area contributed by atoms with E-state index < -0.39 is 0 Å². The first-order chi connectivity index (χ1) is 9.61. The van der Waals surface area contributed by atoms with E-state index in [0.717, 1.165) is 21.3 Å². The number of esters is 1. The van der Waals surface area contributed by atoms with Crippen LogP contribution in [0.15, 0.2) is 14.3 Å². The molecule has 2 heterocycles. The second kappa shape index (κ2) is 7.89. The molecule has 0 amide bonds. The van der Waals surface area contributed by atoms with Gasteiger partial charge in [-0.2, -0.15) is 0 Å². The van der Waals surface area contributed by atoms with Crippen LogP contribution in [0.5, 0.6) is 0 Å². The summed E-state index contributed by atoms with van der Waals surface area (Å²) in [5, 5.41) is 0. The van der Waals surface area contributed by atoms with Gasteiger partial charge < -0.3 is 9.47 Å². The number of nitrogens with zero attached hydrogens (tertiary/aromatic N) is 1. The van der Waals surface area contributed by atoms with Crippen molar-refractivity contribution in [3.05, 3.63) is 19.2 Å². The smallest absolute Gasteiger partial charge is 0.307 e. The highest BCUT2D eigenvalue weighted by molar-refractivity contribution is 9.13. The minimum Gasteiger partial charge on any atom is -0.466 e. The van der Waals surface area contributed by atoms with E-state index in [1.54, 1.807) is 11.3 Å². The standard InChI is InChI=1S/C13H17Br2NO3S/c1-2-19-12(17)8-10(16-3-5-18-6-4-16)11-7-9(14)13(15)20-11/h7,10H,2-6,8H2,1H3. The van der Waals surface area contributed by atoms with Crippen LogP contribution in [0.25, 0.3) is 0 Å². The molecule has 1 atom stereocenters. The van der Waals surface area contributed by atoms with Gasteiger partial charge in [-0.3, -0.25) is 9.69 Å². The molecule has 0 aliphatic carbocycles. The number of carbonyl (C=O) groups is 1. The Kier molecular flexibility index (Phi) is 6.48. The van der Waals surface area contributed by atoms with E-state index in [1.807, 2.05) is 6.92 Å². The molecule has 1 saturated heterocycles.